The van der Waals surface area contributed by atoms with Crippen molar-refractivity contribution < 1.29 is 9.59 Å². The summed E-state index contributed by atoms with van der Waals surface area (Å²) >= 11 is 0. The summed E-state index contributed by atoms with van der Waals surface area (Å²) < 4.78 is 0. The Hall–Kier alpha value is -3.68. The van der Waals surface area contributed by atoms with Crippen molar-refractivity contribution >= 4 is 23.5 Å². The van der Waals surface area contributed by atoms with E-state index >= 15 is 0 Å². The van der Waals surface area contributed by atoms with E-state index in [0.29, 0.717) is 24.3 Å². The molecule has 0 saturated heterocycles. The summed E-state index contributed by atoms with van der Waals surface area (Å²) in [5.74, 6) is 0. The quantitative estimate of drug-likeness (QED) is 0.568. The zero-order valence-electron chi connectivity index (χ0n) is 18.9. The number of nitrogens with zero attached hydrogens (tertiary/aromatic N) is 2. The lowest BCUT2D eigenvalue weighted by atomic mass is 10.0. The minimum atomic E-state index is -0.399. The third-order valence-electron chi connectivity index (χ3n) is 5.27. The first-order valence-corrected chi connectivity index (χ1v) is 10.6. The molecule has 3 rings (SSSR count). The molecule has 168 valence electrons. The lowest BCUT2D eigenvalue weighted by Gasteiger charge is -2.21. The molecule has 32 heavy (non-hydrogen) atoms. The molecule has 2 unspecified atom stereocenters. The molecule has 0 fully saturated rings. The van der Waals surface area contributed by atoms with E-state index in [9.17, 15) is 9.59 Å². The van der Waals surface area contributed by atoms with Gasteiger partial charge in [-0.3, -0.25) is 0 Å². The number of hydrogen-bond donors (Lipinski definition) is 4. The van der Waals surface area contributed by atoms with Crippen LogP contribution in [0.1, 0.15) is 61.0 Å². The summed E-state index contributed by atoms with van der Waals surface area (Å²) in [5, 5.41) is 14.4. The van der Waals surface area contributed by atoms with Crippen molar-refractivity contribution in [1.82, 2.24) is 21.5 Å². The largest absolute Gasteiger partial charge is 0.335 e. The highest BCUT2D eigenvalue weighted by molar-refractivity contribution is 5.87. The maximum atomic E-state index is 12.5. The highest BCUT2D eigenvalue weighted by Crippen LogP contribution is 2.20. The van der Waals surface area contributed by atoms with E-state index < -0.39 is 12.1 Å². The molecule has 0 radical (unpaired) electrons. The number of benzene rings is 2. The summed E-state index contributed by atoms with van der Waals surface area (Å²) in [6.45, 7) is 7.64. The Morgan fingerprint density at radius 1 is 0.625 bits per heavy atom. The summed E-state index contributed by atoms with van der Waals surface area (Å²) in [6, 6.07) is 14.4. The average molecular weight is 435 g/mol. The molecular formula is C24H30N6O2. The van der Waals surface area contributed by atoms with Gasteiger partial charge in [0.1, 0.15) is 0 Å². The molecule has 8 nitrogen and oxygen atoms in total. The minimum Gasteiger partial charge on any atom is -0.329 e. The third-order valence-corrected chi connectivity index (χ3v) is 5.27. The van der Waals surface area contributed by atoms with Gasteiger partial charge in [0.05, 0.1) is 12.1 Å². The van der Waals surface area contributed by atoms with Crippen molar-refractivity contribution in [3.8, 4) is 0 Å². The zero-order valence-corrected chi connectivity index (χ0v) is 18.9. The predicted octanol–water partition coefficient (Wildman–Crippen LogP) is 4.23. The Balaban J connectivity index is 1.84. The molecule has 1 aliphatic heterocycles. The summed E-state index contributed by atoms with van der Waals surface area (Å²) in [6.07, 6.45) is 0.863. The van der Waals surface area contributed by atoms with E-state index in [4.69, 9.17) is 0 Å². The molecule has 4 amide bonds. The number of nitrogens with one attached hydrogen (secondary N) is 4. The lowest BCUT2D eigenvalue weighted by Crippen LogP contribution is -2.39. The molecule has 0 spiro atoms. The van der Waals surface area contributed by atoms with Crippen LogP contribution >= 0.6 is 0 Å². The van der Waals surface area contributed by atoms with Crippen LogP contribution in [0.5, 0.6) is 0 Å². The fraction of sp³-hybridized carbons (Fsp3) is 0.333. The molecule has 0 aromatic heterocycles. The predicted molar refractivity (Wildman–Crippen MR) is 127 cm³/mol. The van der Waals surface area contributed by atoms with E-state index in [1.807, 2.05) is 76.2 Å². The first-order valence-electron chi connectivity index (χ1n) is 10.6. The van der Waals surface area contributed by atoms with Crippen molar-refractivity contribution in [2.24, 2.45) is 10.2 Å². The molecule has 2 atom stereocenters. The van der Waals surface area contributed by atoms with Crippen LogP contribution < -0.4 is 21.5 Å². The van der Waals surface area contributed by atoms with Crippen LogP contribution in [0.4, 0.5) is 9.59 Å². The smallest absolute Gasteiger partial charge is 0.329 e. The van der Waals surface area contributed by atoms with E-state index in [2.05, 4.69) is 31.7 Å². The van der Waals surface area contributed by atoms with Crippen molar-refractivity contribution in [2.45, 2.75) is 52.6 Å². The molecule has 4 N–H and O–H groups in total. The molecule has 0 aliphatic carbocycles. The van der Waals surface area contributed by atoms with Gasteiger partial charge in [0, 0.05) is 24.3 Å². The standard InChI is InChI=1S/C24H30N6O2/c1-15-5-9-19(10-6-15)21-13-17(3)27-30-24(32)26-22(20-11-7-16(2)8-12-20)14-18(4)28-29-23(31)25-21/h5-12,21-22H,13-14H2,1-4H3,(H2,25,29,31)(H2,26,30,32)/b27-17-,28-18-. The van der Waals surface area contributed by atoms with Crippen LogP contribution in [-0.2, 0) is 0 Å². The van der Waals surface area contributed by atoms with Crippen molar-refractivity contribution in [1.29, 1.82) is 0 Å². The van der Waals surface area contributed by atoms with Gasteiger partial charge in [0.2, 0.25) is 0 Å². The van der Waals surface area contributed by atoms with Crippen LogP contribution in [-0.4, -0.2) is 23.5 Å². The van der Waals surface area contributed by atoms with Crippen LogP contribution in [0.15, 0.2) is 58.7 Å². The molecule has 2 aromatic carbocycles. The number of aryl methyl sites for hydroxylation is 2. The highest BCUT2D eigenvalue weighted by Gasteiger charge is 2.19. The van der Waals surface area contributed by atoms with Gasteiger partial charge in [-0.1, -0.05) is 59.7 Å². The summed E-state index contributed by atoms with van der Waals surface area (Å²) in [5.41, 5.74) is 10.6. The zero-order chi connectivity index (χ0) is 23.1. The second kappa shape index (κ2) is 10.6. The molecule has 8 heteroatoms. The molecule has 1 heterocycles. The fourth-order valence-corrected chi connectivity index (χ4v) is 3.46. The van der Waals surface area contributed by atoms with E-state index in [1.54, 1.807) is 0 Å². The summed E-state index contributed by atoms with van der Waals surface area (Å²) in [4.78, 5) is 25.1. The Labute approximate surface area is 188 Å². The SMILES string of the molecule is C/C1=N/NC(=O)NC(c2ccc(C)cc2)C/C(C)=N\NC(=O)NC(c2ccc(C)cc2)C1. The highest BCUT2D eigenvalue weighted by atomic mass is 16.2. The van der Waals surface area contributed by atoms with Gasteiger partial charge in [-0.15, -0.1) is 0 Å². The first-order chi connectivity index (χ1) is 15.3. The molecule has 0 bridgehead atoms. The maximum Gasteiger partial charge on any atom is 0.335 e. The number of carbonyl (C=O) groups is 2. The van der Waals surface area contributed by atoms with Crippen LogP contribution in [0.3, 0.4) is 0 Å². The van der Waals surface area contributed by atoms with Crippen LogP contribution in [0, 0.1) is 13.8 Å². The topological polar surface area (TPSA) is 107 Å². The van der Waals surface area contributed by atoms with Crippen LogP contribution in [0.25, 0.3) is 0 Å². The number of urea groups is 2. The number of hydrogen-bond acceptors (Lipinski definition) is 4. The van der Waals surface area contributed by atoms with Crippen molar-refractivity contribution in [3.05, 3.63) is 70.8 Å². The summed E-state index contributed by atoms with van der Waals surface area (Å²) in [7, 11) is 0. The van der Waals surface area contributed by atoms with Gasteiger partial charge in [0.25, 0.3) is 0 Å². The number of hydrazone groups is 2. The Bertz CT molecular complexity index is 928. The monoisotopic (exact) mass is 434 g/mol. The molecule has 0 saturated carbocycles. The van der Waals surface area contributed by atoms with Gasteiger partial charge < -0.3 is 10.6 Å². The van der Waals surface area contributed by atoms with Gasteiger partial charge in [-0.05, 0) is 38.8 Å². The maximum absolute atomic E-state index is 12.5. The van der Waals surface area contributed by atoms with Crippen molar-refractivity contribution in [2.75, 3.05) is 0 Å². The fourth-order valence-electron chi connectivity index (χ4n) is 3.46. The molecular weight excluding hydrogens is 404 g/mol. The Kier molecular flexibility index (Phi) is 7.59. The van der Waals surface area contributed by atoms with E-state index in [-0.39, 0.29) is 12.1 Å². The first kappa shape index (κ1) is 23.0. The van der Waals surface area contributed by atoms with Gasteiger partial charge in [-0.2, -0.15) is 10.2 Å². The molecule has 1 aliphatic rings. The Morgan fingerprint density at radius 3 is 1.31 bits per heavy atom. The lowest BCUT2D eigenvalue weighted by molar-refractivity contribution is 0.235. The average Bonchev–Trinajstić information content (AvgIpc) is 2.76. The van der Waals surface area contributed by atoms with Gasteiger partial charge in [0.15, 0.2) is 0 Å². The normalized spacial score (nSPS) is 23.8. The number of amides is 4. The number of carbonyl (C=O) groups excluding carboxylic acids is 2. The molecule has 2 aromatic rings. The minimum absolute atomic E-state index is 0.317. The second-order valence-electron chi connectivity index (χ2n) is 8.20. The Morgan fingerprint density at radius 2 is 0.969 bits per heavy atom. The van der Waals surface area contributed by atoms with Crippen LogP contribution in [0.2, 0.25) is 0 Å². The van der Waals surface area contributed by atoms with Gasteiger partial charge in [-0.25, -0.2) is 20.4 Å². The van der Waals surface area contributed by atoms with E-state index in [1.165, 1.54) is 0 Å². The third kappa shape index (κ3) is 6.66. The van der Waals surface area contributed by atoms with Crippen molar-refractivity contribution in [3.63, 3.8) is 0 Å². The second-order valence-corrected chi connectivity index (χ2v) is 8.20. The van der Waals surface area contributed by atoms with E-state index in [0.717, 1.165) is 22.3 Å². The van der Waals surface area contributed by atoms with Gasteiger partial charge >= 0.3 is 12.1 Å². The number of rotatable bonds is 2.